The third-order valence-electron chi connectivity index (χ3n) is 1.36. The Bertz CT molecular complexity index is 176. The highest BCUT2D eigenvalue weighted by Gasteiger charge is 2.14. The van der Waals surface area contributed by atoms with Crippen molar-refractivity contribution < 1.29 is 19.4 Å². The standard InChI is InChI=1S/C9H19NO4/c1-9(2,3)14-5-4-13-8(12)7(10)6-11/h7,11H,4-6,10H2,1-3H3/t7-/m0/s1. The van der Waals surface area contributed by atoms with Gasteiger partial charge in [0, 0.05) is 0 Å². The molecule has 0 amide bonds. The maximum atomic E-state index is 10.9. The van der Waals surface area contributed by atoms with Crippen LogP contribution in [0, 0.1) is 0 Å². The molecule has 84 valence electrons. The normalized spacial score (nSPS) is 13.8. The molecule has 0 aromatic carbocycles. The Kier molecular flexibility index (Phi) is 5.68. The van der Waals surface area contributed by atoms with Crippen molar-refractivity contribution >= 4 is 5.97 Å². The summed E-state index contributed by atoms with van der Waals surface area (Å²) in [5.41, 5.74) is 4.97. The van der Waals surface area contributed by atoms with Crippen molar-refractivity contribution in [1.82, 2.24) is 0 Å². The van der Waals surface area contributed by atoms with Crippen molar-refractivity contribution in [3.05, 3.63) is 0 Å². The van der Waals surface area contributed by atoms with Crippen molar-refractivity contribution in [2.45, 2.75) is 32.4 Å². The lowest BCUT2D eigenvalue weighted by Gasteiger charge is -2.19. The third-order valence-corrected chi connectivity index (χ3v) is 1.36. The lowest BCUT2D eigenvalue weighted by molar-refractivity contribution is -0.149. The summed E-state index contributed by atoms with van der Waals surface area (Å²) in [7, 11) is 0. The number of rotatable bonds is 5. The SMILES string of the molecule is CC(C)(C)OCCOC(=O)[C@@H](N)CO. The van der Waals surface area contributed by atoms with Crippen molar-refractivity contribution in [1.29, 1.82) is 0 Å². The van der Waals surface area contributed by atoms with Crippen molar-refractivity contribution in [2.75, 3.05) is 19.8 Å². The monoisotopic (exact) mass is 205 g/mol. The first-order chi connectivity index (χ1) is 6.37. The maximum Gasteiger partial charge on any atom is 0.325 e. The second-order valence-electron chi connectivity index (χ2n) is 3.92. The van der Waals surface area contributed by atoms with Crippen LogP contribution in [0.1, 0.15) is 20.8 Å². The van der Waals surface area contributed by atoms with E-state index < -0.39 is 18.6 Å². The van der Waals surface area contributed by atoms with Crippen molar-refractivity contribution in [3.8, 4) is 0 Å². The fourth-order valence-corrected chi connectivity index (χ4v) is 0.672. The first kappa shape index (κ1) is 13.4. The molecule has 0 unspecified atom stereocenters. The maximum absolute atomic E-state index is 10.9. The second kappa shape index (κ2) is 5.95. The van der Waals surface area contributed by atoms with Crippen LogP contribution >= 0.6 is 0 Å². The van der Waals surface area contributed by atoms with Gasteiger partial charge in [-0.25, -0.2) is 0 Å². The molecule has 3 N–H and O–H groups in total. The molecule has 0 aliphatic carbocycles. The Hall–Kier alpha value is -0.650. The number of nitrogens with two attached hydrogens (primary N) is 1. The molecule has 0 aromatic rings. The first-order valence-electron chi connectivity index (χ1n) is 4.54. The largest absolute Gasteiger partial charge is 0.462 e. The number of ether oxygens (including phenoxy) is 2. The molecule has 0 fully saturated rings. The molecule has 0 rings (SSSR count). The minimum atomic E-state index is -0.954. The van der Waals surface area contributed by atoms with Crippen LogP contribution in [0.25, 0.3) is 0 Å². The van der Waals surface area contributed by atoms with Crippen LogP contribution in [0.4, 0.5) is 0 Å². The van der Waals surface area contributed by atoms with Crippen molar-refractivity contribution in [3.63, 3.8) is 0 Å². The summed E-state index contributed by atoms with van der Waals surface area (Å²) in [6.07, 6.45) is 0. The quantitative estimate of drug-likeness (QED) is 0.474. The average Bonchev–Trinajstić information content (AvgIpc) is 2.09. The zero-order valence-electron chi connectivity index (χ0n) is 8.95. The molecule has 5 heteroatoms. The van der Waals surface area contributed by atoms with Gasteiger partial charge in [-0.1, -0.05) is 0 Å². The number of aliphatic hydroxyl groups is 1. The first-order valence-corrected chi connectivity index (χ1v) is 4.54. The van der Waals surface area contributed by atoms with Gasteiger partial charge in [-0.2, -0.15) is 0 Å². The van der Waals surface area contributed by atoms with Gasteiger partial charge in [0.05, 0.1) is 18.8 Å². The van der Waals surface area contributed by atoms with E-state index in [2.05, 4.69) is 0 Å². The van der Waals surface area contributed by atoms with Crippen LogP contribution in [0.5, 0.6) is 0 Å². The fourth-order valence-electron chi connectivity index (χ4n) is 0.672. The van der Waals surface area contributed by atoms with E-state index in [4.69, 9.17) is 20.3 Å². The fraction of sp³-hybridized carbons (Fsp3) is 0.889. The highest BCUT2D eigenvalue weighted by Crippen LogP contribution is 2.05. The number of carbonyl (C=O) groups is 1. The summed E-state index contributed by atoms with van der Waals surface area (Å²) in [5, 5.41) is 8.53. The summed E-state index contributed by atoms with van der Waals surface area (Å²) in [4.78, 5) is 10.9. The van der Waals surface area contributed by atoms with E-state index in [1.807, 2.05) is 20.8 Å². The number of carbonyl (C=O) groups excluding carboxylic acids is 1. The molecule has 0 aromatic heterocycles. The molecule has 0 aliphatic heterocycles. The number of hydrogen-bond acceptors (Lipinski definition) is 5. The minimum Gasteiger partial charge on any atom is -0.462 e. The summed E-state index contributed by atoms with van der Waals surface area (Å²) >= 11 is 0. The Morgan fingerprint density at radius 1 is 1.43 bits per heavy atom. The van der Waals surface area contributed by atoms with Crippen LogP contribution in [0.2, 0.25) is 0 Å². The van der Waals surface area contributed by atoms with Crippen LogP contribution in [0.3, 0.4) is 0 Å². The molecule has 0 heterocycles. The average molecular weight is 205 g/mol. The summed E-state index contributed by atoms with van der Waals surface area (Å²) < 4.78 is 10.1. The second-order valence-corrected chi connectivity index (χ2v) is 3.92. The predicted octanol–water partition coefficient (Wildman–Crippen LogP) is -0.336. The molecule has 0 aliphatic rings. The van der Waals surface area contributed by atoms with E-state index in [1.54, 1.807) is 0 Å². The molecule has 0 bridgehead atoms. The molecule has 1 atom stereocenters. The Labute approximate surface area is 84.2 Å². The lowest BCUT2D eigenvalue weighted by Crippen LogP contribution is -2.36. The van der Waals surface area contributed by atoms with Gasteiger partial charge < -0.3 is 20.3 Å². The summed E-state index contributed by atoms with van der Waals surface area (Å²) in [6, 6.07) is -0.954. The predicted molar refractivity (Wildman–Crippen MR) is 51.7 cm³/mol. The van der Waals surface area contributed by atoms with Crippen LogP contribution in [0.15, 0.2) is 0 Å². The number of hydrogen-bond donors (Lipinski definition) is 2. The van der Waals surface area contributed by atoms with Gasteiger partial charge in [0.15, 0.2) is 0 Å². The third kappa shape index (κ3) is 6.82. The molecular formula is C9H19NO4. The molecular weight excluding hydrogens is 186 g/mol. The number of aliphatic hydroxyl groups excluding tert-OH is 1. The van der Waals surface area contributed by atoms with E-state index in [0.717, 1.165) is 0 Å². The summed E-state index contributed by atoms with van der Waals surface area (Å²) in [6.45, 7) is 5.81. The highest BCUT2D eigenvalue weighted by molar-refractivity contribution is 5.75. The van der Waals surface area contributed by atoms with Gasteiger partial charge in [0.1, 0.15) is 12.6 Å². The molecule has 0 saturated carbocycles. The van der Waals surface area contributed by atoms with E-state index in [-0.39, 0.29) is 12.2 Å². The van der Waals surface area contributed by atoms with E-state index in [1.165, 1.54) is 0 Å². The topological polar surface area (TPSA) is 81.8 Å². The molecule has 0 radical (unpaired) electrons. The van der Waals surface area contributed by atoms with Gasteiger partial charge in [-0.3, -0.25) is 4.79 Å². The van der Waals surface area contributed by atoms with Gasteiger partial charge in [0.2, 0.25) is 0 Å². The lowest BCUT2D eigenvalue weighted by atomic mass is 10.2. The van der Waals surface area contributed by atoms with Crippen LogP contribution in [-0.4, -0.2) is 42.5 Å². The smallest absolute Gasteiger partial charge is 0.325 e. The van der Waals surface area contributed by atoms with E-state index in [0.29, 0.717) is 6.61 Å². The number of esters is 1. The van der Waals surface area contributed by atoms with Gasteiger partial charge in [0.25, 0.3) is 0 Å². The van der Waals surface area contributed by atoms with Crippen LogP contribution < -0.4 is 5.73 Å². The minimum absolute atomic E-state index is 0.157. The Morgan fingerprint density at radius 2 is 2.00 bits per heavy atom. The highest BCUT2D eigenvalue weighted by atomic mass is 16.6. The zero-order valence-corrected chi connectivity index (χ0v) is 8.95. The Balaban J connectivity index is 3.51. The van der Waals surface area contributed by atoms with Gasteiger partial charge >= 0.3 is 5.97 Å². The van der Waals surface area contributed by atoms with Crippen LogP contribution in [-0.2, 0) is 14.3 Å². The molecule has 14 heavy (non-hydrogen) atoms. The van der Waals surface area contributed by atoms with E-state index in [9.17, 15) is 4.79 Å². The van der Waals surface area contributed by atoms with Gasteiger partial charge in [-0.15, -0.1) is 0 Å². The van der Waals surface area contributed by atoms with E-state index >= 15 is 0 Å². The molecule has 5 nitrogen and oxygen atoms in total. The van der Waals surface area contributed by atoms with Gasteiger partial charge in [-0.05, 0) is 20.8 Å². The Morgan fingerprint density at radius 3 is 2.43 bits per heavy atom. The zero-order chi connectivity index (χ0) is 11.2. The molecule has 0 saturated heterocycles. The van der Waals surface area contributed by atoms with Crippen molar-refractivity contribution in [2.24, 2.45) is 5.73 Å². The molecule has 0 spiro atoms. The summed E-state index contributed by atoms with van der Waals surface area (Å²) in [5.74, 6) is -0.606.